The van der Waals surface area contributed by atoms with E-state index < -0.39 is 0 Å². The number of hydrogen-bond donors (Lipinski definition) is 2. The van der Waals surface area contributed by atoms with Gasteiger partial charge in [0.15, 0.2) is 0 Å². The Morgan fingerprint density at radius 3 is 3.00 bits per heavy atom. The predicted octanol–water partition coefficient (Wildman–Crippen LogP) is -0.606. The summed E-state index contributed by atoms with van der Waals surface area (Å²) in [7, 11) is 1.65. The Labute approximate surface area is 89.0 Å². The summed E-state index contributed by atoms with van der Waals surface area (Å²) in [5.74, 6) is 0.0908. The molecular weight excluding hydrogens is 194 g/mol. The molecule has 6 heteroatoms. The van der Waals surface area contributed by atoms with Gasteiger partial charge in [0.2, 0.25) is 5.91 Å². The summed E-state index contributed by atoms with van der Waals surface area (Å²) in [6.45, 7) is 2.50. The number of carbonyl (C=O) groups is 1. The van der Waals surface area contributed by atoms with E-state index in [4.69, 9.17) is 0 Å². The monoisotopic (exact) mass is 211 g/mol. The molecule has 84 valence electrons. The van der Waals surface area contributed by atoms with Crippen molar-refractivity contribution in [2.24, 2.45) is 0 Å². The topological polar surface area (TPSA) is 71.8 Å². The lowest BCUT2D eigenvalue weighted by atomic mass is 10.3. The van der Waals surface area contributed by atoms with Gasteiger partial charge in [-0.2, -0.15) is 0 Å². The molecule has 0 fully saturated rings. The third-order valence-corrected chi connectivity index (χ3v) is 2.03. The highest BCUT2D eigenvalue weighted by atomic mass is 16.1. The minimum absolute atomic E-state index is 0.0908. The lowest BCUT2D eigenvalue weighted by Gasteiger charge is -2.03. The van der Waals surface area contributed by atoms with E-state index in [9.17, 15) is 4.79 Å². The van der Waals surface area contributed by atoms with Crippen LogP contribution < -0.4 is 10.6 Å². The predicted molar refractivity (Wildman–Crippen MR) is 56.2 cm³/mol. The molecule has 1 heterocycles. The summed E-state index contributed by atoms with van der Waals surface area (Å²) in [5.41, 5.74) is 0. The van der Waals surface area contributed by atoms with Gasteiger partial charge >= 0.3 is 0 Å². The second kappa shape index (κ2) is 6.94. The summed E-state index contributed by atoms with van der Waals surface area (Å²) < 4.78 is 1.77. The average Bonchev–Trinajstić information content (AvgIpc) is 2.75. The number of carbonyl (C=O) groups excluding carboxylic acids is 1. The average molecular weight is 211 g/mol. The number of nitrogens with one attached hydrogen (secondary N) is 2. The fraction of sp³-hybridized carbons (Fsp3) is 0.667. The summed E-state index contributed by atoms with van der Waals surface area (Å²) in [6, 6.07) is 0. The first-order valence-electron chi connectivity index (χ1n) is 5.08. The van der Waals surface area contributed by atoms with Crippen LogP contribution in [0.1, 0.15) is 12.8 Å². The van der Waals surface area contributed by atoms with Crippen molar-refractivity contribution in [2.75, 3.05) is 20.1 Å². The third kappa shape index (κ3) is 5.11. The lowest BCUT2D eigenvalue weighted by Crippen LogP contribution is -2.23. The van der Waals surface area contributed by atoms with Crippen LogP contribution in [0.15, 0.2) is 12.4 Å². The van der Waals surface area contributed by atoms with Crippen LogP contribution in [-0.2, 0) is 11.3 Å². The van der Waals surface area contributed by atoms with Crippen LogP contribution in [0.5, 0.6) is 0 Å². The molecule has 0 aromatic carbocycles. The maximum Gasteiger partial charge on any atom is 0.219 e. The van der Waals surface area contributed by atoms with Crippen LogP contribution in [-0.4, -0.2) is 41.0 Å². The van der Waals surface area contributed by atoms with E-state index in [0.29, 0.717) is 6.42 Å². The summed E-state index contributed by atoms with van der Waals surface area (Å²) >= 11 is 0. The lowest BCUT2D eigenvalue weighted by molar-refractivity contribution is -0.120. The van der Waals surface area contributed by atoms with Gasteiger partial charge in [-0.25, -0.2) is 0 Å². The maximum absolute atomic E-state index is 10.9. The molecule has 1 aromatic heterocycles. The van der Waals surface area contributed by atoms with E-state index >= 15 is 0 Å². The van der Waals surface area contributed by atoms with Crippen LogP contribution in [0.3, 0.4) is 0 Å². The molecule has 0 aliphatic carbocycles. The highest BCUT2D eigenvalue weighted by Gasteiger charge is 1.96. The Morgan fingerprint density at radius 2 is 2.33 bits per heavy atom. The van der Waals surface area contributed by atoms with Crippen molar-refractivity contribution >= 4 is 5.91 Å². The fourth-order valence-corrected chi connectivity index (χ4v) is 1.17. The van der Waals surface area contributed by atoms with Crippen LogP contribution in [0.2, 0.25) is 0 Å². The molecule has 1 aromatic rings. The standard InChI is InChI=1S/C9H17N5O/c1-10-9(15)3-2-4-11-5-7-14-8-6-12-13-14/h6,8,11H,2-5,7H2,1H3,(H,10,15). The quantitative estimate of drug-likeness (QED) is 0.590. The van der Waals surface area contributed by atoms with Crippen LogP contribution in [0.25, 0.3) is 0 Å². The smallest absolute Gasteiger partial charge is 0.219 e. The number of hydrogen-bond acceptors (Lipinski definition) is 4. The van der Waals surface area contributed by atoms with Crippen LogP contribution in [0, 0.1) is 0 Å². The Morgan fingerprint density at radius 1 is 1.47 bits per heavy atom. The molecule has 15 heavy (non-hydrogen) atoms. The molecule has 2 N–H and O–H groups in total. The first-order valence-corrected chi connectivity index (χ1v) is 5.08. The van der Waals surface area contributed by atoms with Gasteiger partial charge in [-0.05, 0) is 13.0 Å². The highest BCUT2D eigenvalue weighted by Crippen LogP contribution is 1.86. The van der Waals surface area contributed by atoms with Gasteiger partial charge in [-0.15, -0.1) is 5.10 Å². The van der Waals surface area contributed by atoms with Crippen LogP contribution in [0.4, 0.5) is 0 Å². The van der Waals surface area contributed by atoms with E-state index in [1.807, 2.05) is 6.20 Å². The zero-order valence-electron chi connectivity index (χ0n) is 8.94. The molecule has 1 amide bonds. The number of aromatic nitrogens is 3. The van der Waals surface area contributed by atoms with Gasteiger partial charge in [-0.3, -0.25) is 9.48 Å². The number of nitrogens with zero attached hydrogens (tertiary/aromatic N) is 3. The molecule has 0 bridgehead atoms. The van der Waals surface area contributed by atoms with E-state index in [-0.39, 0.29) is 5.91 Å². The second-order valence-electron chi connectivity index (χ2n) is 3.19. The molecule has 0 saturated heterocycles. The van der Waals surface area contributed by atoms with Crippen molar-refractivity contribution in [3.8, 4) is 0 Å². The van der Waals surface area contributed by atoms with Crippen LogP contribution >= 0.6 is 0 Å². The summed E-state index contributed by atoms with van der Waals surface area (Å²) in [5, 5.41) is 13.4. The van der Waals surface area contributed by atoms with Gasteiger partial charge in [-0.1, -0.05) is 5.21 Å². The maximum atomic E-state index is 10.9. The minimum Gasteiger partial charge on any atom is -0.359 e. The summed E-state index contributed by atoms with van der Waals surface area (Å²) in [6.07, 6.45) is 4.92. The van der Waals surface area contributed by atoms with Gasteiger partial charge < -0.3 is 10.6 Å². The van der Waals surface area contributed by atoms with Crippen molar-refractivity contribution < 1.29 is 4.79 Å². The normalized spacial score (nSPS) is 10.2. The SMILES string of the molecule is CNC(=O)CCCNCCn1ccnn1. The molecule has 0 spiro atoms. The fourth-order valence-electron chi connectivity index (χ4n) is 1.17. The molecule has 1 rings (SSSR count). The Bertz CT molecular complexity index is 272. The molecule has 0 saturated carbocycles. The minimum atomic E-state index is 0.0908. The van der Waals surface area contributed by atoms with Crippen molar-refractivity contribution in [1.82, 2.24) is 25.6 Å². The van der Waals surface area contributed by atoms with Gasteiger partial charge in [0.1, 0.15) is 0 Å². The Kier molecular flexibility index (Phi) is 5.39. The first-order chi connectivity index (χ1) is 7.33. The largest absolute Gasteiger partial charge is 0.359 e. The molecule has 0 atom stereocenters. The number of rotatable bonds is 7. The zero-order chi connectivity index (χ0) is 10.9. The Balaban J connectivity index is 1.91. The molecule has 0 aliphatic rings. The first kappa shape index (κ1) is 11.6. The van der Waals surface area contributed by atoms with E-state index in [0.717, 1.165) is 26.1 Å². The second-order valence-corrected chi connectivity index (χ2v) is 3.19. The molecular formula is C9H17N5O. The molecule has 0 radical (unpaired) electrons. The van der Waals surface area contributed by atoms with E-state index in [1.165, 1.54) is 0 Å². The summed E-state index contributed by atoms with van der Waals surface area (Å²) in [4.78, 5) is 10.9. The van der Waals surface area contributed by atoms with Crippen molar-refractivity contribution in [2.45, 2.75) is 19.4 Å². The number of amides is 1. The molecule has 0 unspecified atom stereocenters. The zero-order valence-corrected chi connectivity index (χ0v) is 8.94. The van der Waals surface area contributed by atoms with E-state index in [2.05, 4.69) is 20.9 Å². The van der Waals surface area contributed by atoms with Crippen molar-refractivity contribution in [1.29, 1.82) is 0 Å². The molecule has 6 nitrogen and oxygen atoms in total. The molecule has 0 aliphatic heterocycles. The van der Waals surface area contributed by atoms with E-state index in [1.54, 1.807) is 17.9 Å². The Hall–Kier alpha value is -1.43. The van der Waals surface area contributed by atoms with Crippen molar-refractivity contribution in [3.63, 3.8) is 0 Å². The van der Waals surface area contributed by atoms with Gasteiger partial charge in [0.05, 0.1) is 12.7 Å². The van der Waals surface area contributed by atoms with Crippen molar-refractivity contribution in [3.05, 3.63) is 12.4 Å². The van der Waals surface area contributed by atoms with Gasteiger partial charge in [0.25, 0.3) is 0 Å². The van der Waals surface area contributed by atoms with Gasteiger partial charge in [0, 0.05) is 26.2 Å². The highest BCUT2D eigenvalue weighted by molar-refractivity contribution is 5.75. The third-order valence-electron chi connectivity index (χ3n) is 2.03.